The van der Waals surface area contributed by atoms with Crippen molar-refractivity contribution in [3.05, 3.63) is 229 Å². The van der Waals surface area contributed by atoms with Crippen LogP contribution in [0.3, 0.4) is 0 Å². The molecule has 0 N–H and O–H groups in total. The molecule has 0 bridgehead atoms. The highest BCUT2D eigenvalue weighted by atomic mass is 16.5. The topological polar surface area (TPSA) is 86.5 Å². The molecule has 1 atom stereocenters. The van der Waals surface area contributed by atoms with Crippen LogP contribution in [0.1, 0.15) is 27.8 Å². The number of benzene rings is 7. The van der Waals surface area contributed by atoms with Gasteiger partial charge in [0, 0.05) is 72.8 Å². The normalized spacial score (nSPS) is 14.7. The number of hydrogen-bond donors (Lipinski definition) is 0. The molecule has 310 valence electrons. The average Bonchev–Trinajstić information content (AvgIpc) is 4.10. The SMILES string of the molecule is N#Cc1ccc2c(c1)c1ccccc1n2-c1ccc2c(c1)c1ccccc1n2-c1ccc2c(c1)C1(c3ccccc3O2)c2cccnc2-c2ncc(-n3c4ccccc4c4ccncc43)cc21. The Labute approximate surface area is 382 Å². The van der Waals surface area contributed by atoms with Crippen LogP contribution in [0.2, 0.25) is 0 Å². The van der Waals surface area contributed by atoms with Gasteiger partial charge in [0.1, 0.15) is 11.5 Å². The van der Waals surface area contributed by atoms with Crippen molar-refractivity contribution >= 4 is 65.4 Å². The zero-order valence-electron chi connectivity index (χ0n) is 35.6. The van der Waals surface area contributed by atoms with Crippen LogP contribution in [0, 0.1) is 11.3 Å². The zero-order chi connectivity index (χ0) is 44.0. The van der Waals surface area contributed by atoms with E-state index in [0.29, 0.717) is 5.56 Å². The van der Waals surface area contributed by atoms with E-state index in [2.05, 4.69) is 176 Å². The van der Waals surface area contributed by atoms with Gasteiger partial charge in [0.15, 0.2) is 0 Å². The standard InChI is InChI=1S/C59H33N7O/c60-32-35-19-22-52-43(28-35)40-11-2-6-16-50(40)64(52)36-20-23-53-44(29-36)41-12-3-7-17-51(41)65(53)37-21-24-56-47(30-37)59(45-13-4-8-18-55(45)67-56)46-14-9-26-62-57(46)58-48(59)31-38(33-63-58)66-49-15-5-1-10-39(49)42-25-27-61-34-54(42)66/h1-31,33-34H. The van der Waals surface area contributed by atoms with Gasteiger partial charge < -0.3 is 18.4 Å². The maximum atomic E-state index is 9.80. The van der Waals surface area contributed by atoms with E-state index >= 15 is 0 Å². The van der Waals surface area contributed by atoms with Crippen molar-refractivity contribution in [2.75, 3.05) is 0 Å². The molecule has 0 fully saturated rings. The van der Waals surface area contributed by atoms with Crippen molar-refractivity contribution in [1.29, 1.82) is 5.26 Å². The van der Waals surface area contributed by atoms with Gasteiger partial charge in [-0.1, -0.05) is 78.9 Å². The molecule has 0 saturated heterocycles. The fourth-order valence-electron chi connectivity index (χ4n) is 11.6. The van der Waals surface area contributed by atoms with Crippen molar-refractivity contribution in [3.8, 4) is 46.0 Å². The third-order valence-corrected chi connectivity index (χ3v) is 14.3. The summed E-state index contributed by atoms with van der Waals surface area (Å²) in [6.07, 6.45) is 7.66. The minimum atomic E-state index is -0.826. The second kappa shape index (κ2) is 13.1. The number of rotatable bonds is 3. The lowest BCUT2D eigenvalue weighted by Crippen LogP contribution is -2.32. The van der Waals surface area contributed by atoms with Gasteiger partial charge in [-0.15, -0.1) is 0 Å². The fourth-order valence-corrected chi connectivity index (χ4v) is 11.6. The number of aromatic nitrogens is 6. The molecule has 0 radical (unpaired) electrons. The summed E-state index contributed by atoms with van der Waals surface area (Å²) in [6, 6.07) is 64.4. The van der Waals surface area contributed by atoms with E-state index in [0.717, 1.165) is 128 Å². The first-order valence-electron chi connectivity index (χ1n) is 22.4. The Morgan fingerprint density at radius 1 is 0.403 bits per heavy atom. The van der Waals surface area contributed by atoms with Gasteiger partial charge in [0.2, 0.25) is 0 Å². The zero-order valence-corrected chi connectivity index (χ0v) is 35.6. The lowest BCUT2D eigenvalue weighted by Gasteiger charge is -2.39. The average molecular weight is 856 g/mol. The lowest BCUT2D eigenvalue weighted by molar-refractivity contribution is 0.436. The Balaban J connectivity index is 0.985. The van der Waals surface area contributed by atoms with Crippen LogP contribution in [0.15, 0.2) is 201 Å². The first kappa shape index (κ1) is 36.1. The van der Waals surface area contributed by atoms with Crippen molar-refractivity contribution in [3.63, 3.8) is 0 Å². The van der Waals surface area contributed by atoms with E-state index < -0.39 is 5.41 Å². The number of pyridine rings is 3. The molecule has 67 heavy (non-hydrogen) atoms. The Kier molecular flexibility index (Phi) is 7.07. The van der Waals surface area contributed by atoms with Crippen LogP contribution in [0.4, 0.5) is 0 Å². The lowest BCUT2D eigenvalue weighted by atomic mass is 9.66. The molecule has 1 aliphatic heterocycles. The van der Waals surface area contributed by atoms with Crippen LogP contribution in [0.25, 0.3) is 93.9 Å². The second-order valence-electron chi connectivity index (χ2n) is 17.5. The molecule has 15 rings (SSSR count). The smallest absolute Gasteiger partial charge is 0.132 e. The van der Waals surface area contributed by atoms with Crippen LogP contribution >= 0.6 is 0 Å². The molecule has 7 heterocycles. The van der Waals surface area contributed by atoms with Crippen LogP contribution in [-0.2, 0) is 5.41 Å². The molecule has 6 aromatic heterocycles. The van der Waals surface area contributed by atoms with Crippen LogP contribution in [0.5, 0.6) is 11.5 Å². The summed E-state index contributed by atoms with van der Waals surface area (Å²) in [5.74, 6) is 1.58. The van der Waals surface area contributed by atoms with Gasteiger partial charge in [0.25, 0.3) is 0 Å². The number of nitriles is 1. The Bertz CT molecular complexity index is 4300. The van der Waals surface area contributed by atoms with E-state index in [-0.39, 0.29) is 0 Å². The number of ether oxygens (including phenoxy) is 1. The van der Waals surface area contributed by atoms with Crippen LogP contribution < -0.4 is 4.74 Å². The molecule has 1 unspecified atom stereocenters. The predicted octanol–water partition coefficient (Wildman–Crippen LogP) is 13.5. The minimum absolute atomic E-state index is 0.646. The molecule has 1 aliphatic carbocycles. The van der Waals surface area contributed by atoms with Crippen molar-refractivity contribution in [2.24, 2.45) is 0 Å². The van der Waals surface area contributed by atoms with Gasteiger partial charge in [-0.05, 0) is 103 Å². The highest BCUT2D eigenvalue weighted by molar-refractivity contribution is 6.13. The van der Waals surface area contributed by atoms with E-state index in [1.807, 2.05) is 49.1 Å². The van der Waals surface area contributed by atoms with Gasteiger partial charge in [-0.2, -0.15) is 5.26 Å². The largest absolute Gasteiger partial charge is 0.457 e. The number of hydrogen-bond acceptors (Lipinski definition) is 5. The van der Waals surface area contributed by atoms with Gasteiger partial charge in [-0.25, -0.2) is 0 Å². The van der Waals surface area contributed by atoms with Crippen molar-refractivity contribution in [1.82, 2.24) is 28.7 Å². The summed E-state index contributed by atoms with van der Waals surface area (Å²) >= 11 is 0. The first-order chi connectivity index (χ1) is 33.2. The van der Waals surface area contributed by atoms with E-state index in [9.17, 15) is 5.26 Å². The molecule has 13 aromatic rings. The summed E-state index contributed by atoms with van der Waals surface area (Å²) < 4.78 is 13.9. The quantitative estimate of drug-likeness (QED) is 0.177. The van der Waals surface area contributed by atoms with Crippen LogP contribution in [-0.4, -0.2) is 28.7 Å². The summed E-state index contributed by atoms with van der Waals surface area (Å²) in [6.45, 7) is 0. The predicted molar refractivity (Wildman–Crippen MR) is 265 cm³/mol. The fraction of sp³-hybridized carbons (Fsp3) is 0.0169. The Morgan fingerprint density at radius 3 is 1.75 bits per heavy atom. The highest BCUT2D eigenvalue weighted by Gasteiger charge is 2.53. The van der Waals surface area contributed by atoms with E-state index in [4.69, 9.17) is 14.7 Å². The molecule has 8 nitrogen and oxygen atoms in total. The second-order valence-corrected chi connectivity index (χ2v) is 17.5. The molecule has 1 spiro atoms. The first-order valence-corrected chi connectivity index (χ1v) is 22.4. The minimum Gasteiger partial charge on any atom is -0.457 e. The van der Waals surface area contributed by atoms with Gasteiger partial charge >= 0.3 is 0 Å². The molecular formula is C59H33N7O. The van der Waals surface area contributed by atoms with E-state index in [1.54, 1.807) is 0 Å². The Hall–Kier alpha value is -9.32. The molecule has 7 aromatic carbocycles. The van der Waals surface area contributed by atoms with Gasteiger partial charge in [0.05, 0.1) is 79.6 Å². The third-order valence-electron chi connectivity index (χ3n) is 14.3. The molecule has 0 saturated carbocycles. The number of nitrogens with zero attached hydrogens (tertiary/aromatic N) is 7. The van der Waals surface area contributed by atoms with Crippen molar-refractivity contribution < 1.29 is 4.74 Å². The molecule has 2 aliphatic rings. The summed E-state index contributed by atoms with van der Waals surface area (Å²) in [5, 5.41) is 16.6. The summed E-state index contributed by atoms with van der Waals surface area (Å²) in [5.41, 5.74) is 15.1. The van der Waals surface area contributed by atoms with Crippen molar-refractivity contribution in [2.45, 2.75) is 5.41 Å². The highest BCUT2D eigenvalue weighted by Crippen LogP contribution is 2.62. The molecular weight excluding hydrogens is 823 g/mol. The molecule has 8 heteroatoms. The monoisotopic (exact) mass is 855 g/mol. The number of para-hydroxylation sites is 4. The number of fused-ring (bicyclic) bond motifs is 18. The summed E-state index contributed by atoms with van der Waals surface area (Å²) in [4.78, 5) is 15.0. The molecule has 0 amide bonds. The van der Waals surface area contributed by atoms with E-state index in [1.165, 1.54) is 0 Å². The summed E-state index contributed by atoms with van der Waals surface area (Å²) in [7, 11) is 0. The maximum absolute atomic E-state index is 9.80. The Morgan fingerprint density at radius 2 is 0.970 bits per heavy atom. The van der Waals surface area contributed by atoms with Gasteiger partial charge in [-0.3, -0.25) is 15.0 Å². The maximum Gasteiger partial charge on any atom is 0.132 e. The third kappa shape index (κ3) is 4.66.